The van der Waals surface area contributed by atoms with Gasteiger partial charge in [-0.2, -0.15) is 0 Å². The van der Waals surface area contributed by atoms with Gasteiger partial charge in [0, 0.05) is 6.04 Å². The first kappa shape index (κ1) is 6.99. The molecule has 0 aliphatic heterocycles. The van der Waals surface area contributed by atoms with Crippen molar-refractivity contribution in [2.24, 2.45) is 5.84 Å². The first-order valence-electron chi connectivity index (χ1n) is 3.48. The predicted octanol–water partition coefficient (Wildman–Crippen LogP) is -0.109. The van der Waals surface area contributed by atoms with E-state index in [9.17, 15) is 0 Å². The minimum Gasteiger partial charge on any atom is -0.290 e. The summed E-state index contributed by atoms with van der Waals surface area (Å²) in [7, 11) is 2.10. The van der Waals surface area contributed by atoms with Gasteiger partial charge in [-0.05, 0) is 19.9 Å². The Morgan fingerprint density at radius 1 is 1.67 bits per heavy atom. The van der Waals surface area contributed by atoms with Crippen molar-refractivity contribution in [2.45, 2.75) is 25.3 Å². The number of rotatable bonds is 3. The normalized spacial score (nSPS) is 20.3. The van der Waals surface area contributed by atoms with Crippen molar-refractivity contribution in [1.29, 1.82) is 0 Å². The number of nitrogens with one attached hydrogen (secondary N) is 1. The zero-order chi connectivity index (χ0) is 6.69. The molecule has 1 rings (SSSR count). The number of hydrazine groups is 1. The van der Waals surface area contributed by atoms with E-state index in [-0.39, 0.29) is 0 Å². The SMILES string of the molecule is CN(CNN)C1CCC1. The van der Waals surface area contributed by atoms with E-state index in [4.69, 9.17) is 5.84 Å². The summed E-state index contributed by atoms with van der Waals surface area (Å²) in [5, 5.41) is 0. The Morgan fingerprint density at radius 3 is 2.67 bits per heavy atom. The summed E-state index contributed by atoms with van der Waals surface area (Å²) in [6.45, 7) is 0.810. The Labute approximate surface area is 56.2 Å². The fraction of sp³-hybridized carbons (Fsp3) is 1.00. The molecule has 0 amide bonds. The monoisotopic (exact) mass is 129 g/mol. The third kappa shape index (κ3) is 1.64. The van der Waals surface area contributed by atoms with E-state index < -0.39 is 0 Å². The van der Waals surface area contributed by atoms with Gasteiger partial charge in [0.15, 0.2) is 0 Å². The fourth-order valence-corrected chi connectivity index (χ4v) is 1.10. The molecule has 3 N–H and O–H groups in total. The number of hydrogen-bond acceptors (Lipinski definition) is 3. The third-order valence-corrected chi connectivity index (χ3v) is 2.04. The van der Waals surface area contributed by atoms with Crippen LogP contribution in [-0.2, 0) is 0 Å². The Morgan fingerprint density at radius 2 is 2.33 bits per heavy atom. The second-order valence-electron chi connectivity index (χ2n) is 2.70. The molecule has 0 bridgehead atoms. The van der Waals surface area contributed by atoms with Crippen LogP contribution >= 0.6 is 0 Å². The van der Waals surface area contributed by atoms with Crippen LogP contribution in [0, 0.1) is 0 Å². The number of nitrogens with zero attached hydrogens (tertiary/aromatic N) is 1. The van der Waals surface area contributed by atoms with Crippen LogP contribution in [0.15, 0.2) is 0 Å². The van der Waals surface area contributed by atoms with Gasteiger partial charge < -0.3 is 0 Å². The smallest absolute Gasteiger partial charge is 0.0612 e. The lowest BCUT2D eigenvalue weighted by molar-refractivity contribution is 0.149. The molecule has 54 valence electrons. The second-order valence-corrected chi connectivity index (χ2v) is 2.70. The van der Waals surface area contributed by atoms with Crippen LogP contribution in [0.3, 0.4) is 0 Å². The fourth-order valence-electron chi connectivity index (χ4n) is 1.10. The molecule has 3 nitrogen and oxygen atoms in total. The van der Waals surface area contributed by atoms with Crippen LogP contribution in [0.4, 0.5) is 0 Å². The van der Waals surface area contributed by atoms with Crippen LogP contribution in [0.25, 0.3) is 0 Å². The lowest BCUT2D eigenvalue weighted by Crippen LogP contribution is -2.44. The van der Waals surface area contributed by atoms with Gasteiger partial charge in [0.05, 0.1) is 6.67 Å². The largest absolute Gasteiger partial charge is 0.290 e. The summed E-state index contributed by atoms with van der Waals surface area (Å²) < 4.78 is 0. The van der Waals surface area contributed by atoms with Crippen molar-refractivity contribution in [3.05, 3.63) is 0 Å². The van der Waals surface area contributed by atoms with E-state index in [1.807, 2.05) is 0 Å². The molecule has 9 heavy (non-hydrogen) atoms. The van der Waals surface area contributed by atoms with Gasteiger partial charge in [0.2, 0.25) is 0 Å². The molecule has 0 aromatic rings. The van der Waals surface area contributed by atoms with Crippen LogP contribution in [0.5, 0.6) is 0 Å². The highest BCUT2D eigenvalue weighted by Crippen LogP contribution is 2.22. The molecule has 0 spiro atoms. The van der Waals surface area contributed by atoms with Gasteiger partial charge in [-0.25, -0.2) is 5.43 Å². The van der Waals surface area contributed by atoms with Gasteiger partial charge in [-0.1, -0.05) is 6.42 Å². The van der Waals surface area contributed by atoms with Gasteiger partial charge in [-0.15, -0.1) is 0 Å². The molecule has 3 heteroatoms. The van der Waals surface area contributed by atoms with Crippen LogP contribution in [0.2, 0.25) is 0 Å². The van der Waals surface area contributed by atoms with Crippen molar-refractivity contribution in [2.75, 3.05) is 13.7 Å². The molecule has 0 heterocycles. The number of nitrogens with two attached hydrogens (primary N) is 1. The Hall–Kier alpha value is -0.120. The molecule has 0 saturated heterocycles. The van der Waals surface area contributed by atoms with Crippen molar-refractivity contribution in [3.8, 4) is 0 Å². The molecular formula is C6H15N3. The maximum Gasteiger partial charge on any atom is 0.0612 e. The average Bonchev–Trinajstić information content (AvgIpc) is 1.60. The molecule has 0 unspecified atom stereocenters. The maximum atomic E-state index is 5.15. The molecule has 1 fully saturated rings. The highest BCUT2D eigenvalue weighted by Gasteiger charge is 2.20. The standard InChI is InChI=1S/C6H15N3/c1-9(5-8-7)6-3-2-4-6/h6,8H,2-5,7H2,1H3. The summed E-state index contributed by atoms with van der Waals surface area (Å²) >= 11 is 0. The highest BCUT2D eigenvalue weighted by atomic mass is 15.3. The van der Waals surface area contributed by atoms with Crippen LogP contribution < -0.4 is 11.3 Å². The van der Waals surface area contributed by atoms with Crippen LogP contribution in [0.1, 0.15) is 19.3 Å². The molecular weight excluding hydrogens is 114 g/mol. The van der Waals surface area contributed by atoms with E-state index in [0.717, 1.165) is 12.7 Å². The molecule has 0 aromatic carbocycles. The van der Waals surface area contributed by atoms with E-state index in [0.29, 0.717) is 0 Å². The predicted molar refractivity (Wildman–Crippen MR) is 37.6 cm³/mol. The number of hydrogen-bond donors (Lipinski definition) is 2. The maximum absolute atomic E-state index is 5.15. The third-order valence-electron chi connectivity index (χ3n) is 2.04. The first-order chi connectivity index (χ1) is 4.34. The summed E-state index contributed by atoms with van der Waals surface area (Å²) in [6.07, 6.45) is 4.08. The van der Waals surface area contributed by atoms with E-state index in [2.05, 4.69) is 17.4 Å². The summed E-state index contributed by atoms with van der Waals surface area (Å²) in [5.41, 5.74) is 2.64. The summed E-state index contributed by atoms with van der Waals surface area (Å²) in [5.74, 6) is 5.15. The lowest BCUT2D eigenvalue weighted by atomic mass is 9.92. The molecule has 1 aliphatic carbocycles. The van der Waals surface area contributed by atoms with Crippen molar-refractivity contribution < 1.29 is 0 Å². The second kappa shape index (κ2) is 3.15. The topological polar surface area (TPSA) is 41.3 Å². The van der Waals surface area contributed by atoms with Gasteiger partial charge >= 0.3 is 0 Å². The minimum atomic E-state index is 0.793. The summed E-state index contributed by atoms with van der Waals surface area (Å²) in [6, 6.07) is 0.793. The van der Waals surface area contributed by atoms with Gasteiger partial charge in [0.25, 0.3) is 0 Å². The van der Waals surface area contributed by atoms with Crippen molar-refractivity contribution >= 4 is 0 Å². The quantitative estimate of drug-likeness (QED) is 0.317. The van der Waals surface area contributed by atoms with E-state index >= 15 is 0 Å². The van der Waals surface area contributed by atoms with Gasteiger partial charge in [-0.3, -0.25) is 10.7 Å². The van der Waals surface area contributed by atoms with Crippen molar-refractivity contribution in [3.63, 3.8) is 0 Å². The highest BCUT2D eigenvalue weighted by molar-refractivity contribution is 4.76. The molecule has 0 aromatic heterocycles. The molecule has 0 radical (unpaired) electrons. The van der Waals surface area contributed by atoms with Crippen LogP contribution in [-0.4, -0.2) is 24.7 Å². The lowest BCUT2D eigenvalue weighted by Gasteiger charge is -2.34. The Bertz CT molecular complexity index is 80.4. The van der Waals surface area contributed by atoms with Crippen molar-refractivity contribution in [1.82, 2.24) is 10.3 Å². The van der Waals surface area contributed by atoms with E-state index in [1.165, 1.54) is 19.3 Å². The Kier molecular flexibility index (Phi) is 2.45. The first-order valence-corrected chi connectivity index (χ1v) is 3.48. The summed E-state index contributed by atoms with van der Waals surface area (Å²) in [4.78, 5) is 2.25. The molecule has 0 atom stereocenters. The van der Waals surface area contributed by atoms with Gasteiger partial charge in [0.1, 0.15) is 0 Å². The average molecular weight is 129 g/mol. The zero-order valence-electron chi connectivity index (χ0n) is 5.93. The molecule has 1 aliphatic rings. The zero-order valence-corrected chi connectivity index (χ0v) is 5.93. The minimum absolute atomic E-state index is 0.793. The van der Waals surface area contributed by atoms with E-state index in [1.54, 1.807) is 0 Å². The molecule has 1 saturated carbocycles. The Balaban J connectivity index is 2.08.